The van der Waals surface area contributed by atoms with Gasteiger partial charge in [-0.1, -0.05) is 11.6 Å². The number of amides is 1. The molecule has 178 valence electrons. The van der Waals surface area contributed by atoms with Crippen molar-refractivity contribution in [2.24, 2.45) is 10.7 Å². The number of aromatic nitrogens is 1. The van der Waals surface area contributed by atoms with Gasteiger partial charge in [0.1, 0.15) is 16.4 Å². The summed E-state index contributed by atoms with van der Waals surface area (Å²) in [7, 11) is 0. The largest absolute Gasteiger partial charge is 0.431 e. The number of allylic oxidation sites excluding steroid dienone is 2. The maximum absolute atomic E-state index is 13.0. The number of hydrogen-bond donors (Lipinski definition) is 2. The van der Waals surface area contributed by atoms with E-state index in [2.05, 4.69) is 15.3 Å². The molecular weight excluding hydrogens is 494 g/mol. The predicted molar refractivity (Wildman–Crippen MR) is 113 cm³/mol. The van der Waals surface area contributed by atoms with Crippen molar-refractivity contribution in [1.29, 1.82) is 0 Å². The lowest BCUT2D eigenvalue weighted by Crippen LogP contribution is -2.26. The van der Waals surface area contributed by atoms with E-state index in [1.807, 2.05) is 0 Å². The normalized spacial score (nSPS) is 17.8. The van der Waals surface area contributed by atoms with Gasteiger partial charge in [0.05, 0.1) is 22.8 Å². The van der Waals surface area contributed by atoms with E-state index in [1.54, 1.807) is 0 Å². The average Bonchev–Trinajstić information content (AvgIpc) is 3.21. The van der Waals surface area contributed by atoms with Crippen LogP contribution >= 0.6 is 22.9 Å². The highest BCUT2D eigenvalue weighted by atomic mass is 35.5. The summed E-state index contributed by atoms with van der Waals surface area (Å²) >= 11 is 6.92. The van der Waals surface area contributed by atoms with Crippen molar-refractivity contribution in [3.63, 3.8) is 0 Å². The number of benzene rings is 1. The first-order valence-electron chi connectivity index (χ1n) is 9.58. The number of carbonyl (C=O) groups is 1. The highest BCUT2D eigenvalue weighted by molar-refractivity contribution is 7.09. The molecule has 2 aromatic rings. The standard InChI is InChI=1S/C20H17ClF6N4OS/c21-12-6-5-10(19(22,23)24)7-14(12)31-18(32)15-9-33-16(30-15)8-29-13-4-2-1-3-11(13)17(28)20(25,26)27/h5-7,9H,1-4,8,28H2,(H,31,32). The monoisotopic (exact) mass is 510 g/mol. The van der Waals surface area contributed by atoms with Crippen molar-refractivity contribution in [2.75, 3.05) is 5.32 Å². The molecule has 1 heterocycles. The molecule has 0 atom stereocenters. The zero-order chi connectivity index (χ0) is 24.4. The number of nitrogens with one attached hydrogen (secondary N) is 1. The number of thiazole rings is 1. The van der Waals surface area contributed by atoms with Crippen molar-refractivity contribution in [3.8, 4) is 0 Å². The van der Waals surface area contributed by atoms with E-state index in [-0.39, 0.29) is 40.7 Å². The van der Waals surface area contributed by atoms with E-state index in [4.69, 9.17) is 17.3 Å². The summed E-state index contributed by atoms with van der Waals surface area (Å²) < 4.78 is 77.7. The molecule has 3 N–H and O–H groups in total. The van der Waals surface area contributed by atoms with Crippen LogP contribution in [-0.4, -0.2) is 22.8 Å². The van der Waals surface area contributed by atoms with E-state index in [1.165, 1.54) is 5.38 Å². The van der Waals surface area contributed by atoms with Crippen molar-refractivity contribution in [3.05, 3.63) is 56.1 Å². The summed E-state index contributed by atoms with van der Waals surface area (Å²) in [6.45, 7) is -0.0633. The van der Waals surface area contributed by atoms with Crippen LogP contribution in [0.3, 0.4) is 0 Å². The smallest absolute Gasteiger partial charge is 0.394 e. The Kier molecular flexibility index (Phi) is 7.37. The summed E-state index contributed by atoms with van der Waals surface area (Å²) in [5.74, 6) is -0.786. The number of carbonyl (C=O) groups excluding carboxylic acids is 1. The maximum atomic E-state index is 13.0. The first-order chi connectivity index (χ1) is 15.4. The molecule has 1 saturated carbocycles. The number of rotatable bonds is 4. The Morgan fingerprint density at radius 2 is 1.88 bits per heavy atom. The van der Waals surface area contributed by atoms with Crippen LogP contribution in [0.25, 0.3) is 0 Å². The van der Waals surface area contributed by atoms with Gasteiger partial charge in [-0.3, -0.25) is 9.79 Å². The number of hydrogen-bond acceptors (Lipinski definition) is 5. The highest BCUT2D eigenvalue weighted by Crippen LogP contribution is 2.34. The zero-order valence-corrected chi connectivity index (χ0v) is 18.4. The van der Waals surface area contributed by atoms with Crippen LogP contribution in [0, 0.1) is 0 Å². The summed E-state index contributed by atoms with van der Waals surface area (Å²) in [5.41, 5.74) is 3.06. The molecule has 3 rings (SSSR count). The van der Waals surface area contributed by atoms with Gasteiger partial charge >= 0.3 is 12.4 Å². The van der Waals surface area contributed by atoms with Crippen molar-refractivity contribution >= 4 is 40.2 Å². The van der Waals surface area contributed by atoms with E-state index in [0.717, 1.165) is 23.5 Å². The number of alkyl halides is 6. The van der Waals surface area contributed by atoms with Crippen molar-refractivity contribution in [1.82, 2.24) is 4.98 Å². The van der Waals surface area contributed by atoms with E-state index in [0.29, 0.717) is 30.3 Å². The summed E-state index contributed by atoms with van der Waals surface area (Å²) in [6, 6.07) is 2.52. The molecule has 1 aromatic heterocycles. The van der Waals surface area contributed by atoms with Gasteiger partial charge in [0.15, 0.2) is 0 Å². The number of aliphatic imine (C=N–C) groups is 1. The number of nitrogens with zero attached hydrogens (tertiary/aromatic N) is 2. The minimum absolute atomic E-state index is 0.0255. The molecule has 1 aromatic carbocycles. The van der Waals surface area contributed by atoms with Gasteiger partial charge < -0.3 is 11.1 Å². The van der Waals surface area contributed by atoms with Gasteiger partial charge in [0.2, 0.25) is 0 Å². The third-order valence-corrected chi connectivity index (χ3v) is 5.96. The molecule has 0 bridgehead atoms. The SMILES string of the molecule is NC(=C1CCCCC1=NCc1nc(C(=O)Nc2cc(C(F)(F)F)ccc2Cl)cs1)C(F)(F)F. The lowest BCUT2D eigenvalue weighted by molar-refractivity contribution is -0.137. The predicted octanol–water partition coefficient (Wildman–Crippen LogP) is 6.36. The van der Waals surface area contributed by atoms with Crippen LogP contribution in [0.15, 0.2) is 39.8 Å². The minimum atomic E-state index is -4.65. The van der Waals surface area contributed by atoms with Crippen LogP contribution in [0.1, 0.15) is 46.7 Å². The van der Waals surface area contributed by atoms with Gasteiger partial charge in [0, 0.05) is 16.7 Å². The third-order valence-electron chi connectivity index (χ3n) is 4.80. The van der Waals surface area contributed by atoms with Gasteiger partial charge in [-0.15, -0.1) is 11.3 Å². The summed E-state index contributed by atoms with van der Waals surface area (Å²) in [4.78, 5) is 20.7. The van der Waals surface area contributed by atoms with E-state index in [9.17, 15) is 31.1 Å². The van der Waals surface area contributed by atoms with Crippen LogP contribution < -0.4 is 11.1 Å². The molecule has 1 aliphatic carbocycles. The van der Waals surface area contributed by atoms with E-state index < -0.39 is 29.5 Å². The molecular formula is C20H17ClF6N4OS. The molecule has 1 amide bonds. The van der Waals surface area contributed by atoms with Crippen LogP contribution in [0.2, 0.25) is 5.02 Å². The fourth-order valence-corrected chi connectivity index (χ4v) is 4.02. The molecule has 13 heteroatoms. The Balaban J connectivity index is 1.74. The Bertz CT molecular complexity index is 1110. The third kappa shape index (κ3) is 6.26. The second-order valence-electron chi connectivity index (χ2n) is 7.13. The van der Waals surface area contributed by atoms with Crippen LogP contribution in [0.4, 0.5) is 32.0 Å². The Labute approximate surface area is 193 Å². The Morgan fingerprint density at radius 3 is 2.55 bits per heavy atom. The summed E-state index contributed by atoms with van der Waals surface area (Å²) in [6.07, 6.45) is -7.49. The molecule has 0 radical (unpaired) electrons. The van der Waals surface area contributed by atoms with Gasteiger partial charge in [-0.25, -0.2) is 4.98 Å². The van der Waals surface area contributed by atoms with Crippen molar-refractivity contribution in [2.45, 2.75) is 44.6 Å². The quantitative estimate of drug-likeness (QED) is 0.470. The molecule has 0 saturated heterocycles. The lowest BCUT2D eigenvalue weighted by atomic mass is 9.91. The number of halogens is 7. The second-order valence-corrected chi connectivity index (χ2v) is 8.48. The lowest BCUT2D eigenvalue weighted by Gasteiger charge is -2.20. The molecule has 0 aliphatic heterocycles. The molecule has 0 spiro atoms. The Hall–Kier alpha value is -2.60. The maximum Gasteiger partial charge on any atom is 0.431 e. The topological polar surface area (TPSA) is 80.4 Å². The first-order valence-corrected chi connectivity index (χ1v) is 10.8. The van der Waals surface area contributed by atoms with E-state index >= 15 is 0 Å². The van der Waals surface area contributed by atoms with Crippen LogP contribution in [0.5, 0.6) is 0 Å². The zero-order valence-electron chi connectivity index (χ0n) is 16.8. The first kappa shape index (κ1) is 25.0. The fraction of sp³-hybridized carbons (Fsp3) is 0.350. The summed E-state index contributed by atoms with van der Waals surface area (Å²) in [5, 5.41) is 3.91. The second kappa shape index (κ2) is 9.72. The van der Waals surface area contributed by atoms with Crippen molar-refractivity contribution < 1.29 is 31.1 Å². The fourth-order valence-electron chi connectivity index (χ4n) is 3.16. The molecule has 1 fully saturated rings. The van der Waals surface area contributed by atoms with Crippen LogP contribution in [-0.2, 0) is 12.7 Å². The molecule has 33 heavy (non-hydrogen) atoms. The Morgan fingerprint density at radius 1 is 1.18 bits per heavy atom. The van der Waals surface area contributed by atoms with Gasteiger partial charge in [-0.05, 0) is 43.9 Å². The molecule has 1 aliphatic rings. The highest BCUT2D eigenvalue weighted by Gasteiger charge is 2.36. The molecule has 5 nitrogen and oxygen atoms in total. The van der Waals surface area contributed by atoms with Gasteiger partial charge in [0.25, 0.3) is 5.91 Å². The number of nitrogens with two attached hydrogens (primary N) is 1. The average molecular weight is 511 g/mol. The molecule has 0 unspecified atom stereocenters. The number of anilines is 1. The minimum Gasteiger partial charge on any atom is -0.394 e. The van der Waals surface area contributed by atoms with Gasteiger partial charge in [-0.2, -0.15) is 26.3 Å².